The maximum atomic E-state index is 5.20. The van der Waals surface area contributed by atoms with E-state index in [2.05, 4.69) is 50.4 Å². The Hall–Kier alpha value is -0.860. The van der Waals surface area contributed by atoms with E-state index in [1.54, 1.807) is 7.11 Å². The molecule has 2 nitrogen and oxygen atoms in total. The molecule has 0 spiro atoms. The smallest absolute Gasteiger partial charge is 0.0667 e. The first-order valence-corrected chi connectivity index (χ1v) is 5.47. The summed E-state index contributed by atoms with van der Waals surface area (Å²) >= 11 is 0. The molecular formula is C13H21NO. The molecule has 1 aromatic rings. The summed E-state index contributed by atoms with van der Waals surface area (Å²) in [6, 6.07) is 8.85. The highest BCUT2D eigenvalue weighted by Crippen LogP contribution is 2.16. The Morgan fingerprint density at radius 3 is 2.53 bits per heavy atom. The van der Waals surface area contributed by atoms with Gasteiger partial charge in [0.2, 0.25) is 0 Å². The average Bonchev–Trinajstić information content (AvgIpc) is 2.26. The van der Waals surface area contributed by atoms with E-state index >= 15 is 0 Å². The first kappa shape index (κ1) is 12.2. The Kier molecular flexibility index (Phi) is 4.79. The quantitative estimate of drug-likeness (QED) is 0.801. The fourth-order valence-electron chi connectivity index (χ4n) is 1.61. The Bertz CT molecular complexity index is 298. The van der Waals surface area contributed by atoms with Crippen LogP contribution in [0.15, 0.2) is 24.3 Å². The maximum absolute atomic E-state index is 5.20. The minimum Gasteiger partial charge on any atom is -0.380 e. The summed E-state index contributed by atoms with van der Waals surface area (Å²) in [5.74, 6) is 0. The first-order chi connectivity index (χ1) is 7.15. The third-order valence-corrected chi connectivity index (χ3v) is 2.77. The molecule has 2 atom stereocenters. The molecule has 15 heavy (non-hydrogen) atoms. The van der Waals surface area contributed by atoms with Crippen LogP contribution in [-0.2, 0) is 4.74 Å². The molecule has 0 fully saturated rings. The number of hydrogen-bond donors (Lipinski definition) is 1. The van der Waals surface area contributed by atoms with Crippen LogP contribution in [0.2, 0.25) is 0 Å². The predicted octanol–water partition coefficient (Wildman–Crippen LogP) is 2.68. The van der Waals surface area contributed by atoms with Crippen molar-refractivity contribution in [3.05, 3.63) is 35.4 Å². The van der Waals surface area contributed by atoms with Crippen LogP contribution in [0, 0.1) is 6.92 Å². The third-order valence-electron chi connectivity index (χ3n) is 2.77. The standard InChI is InChI=1S/C13H21NO/c1-10-7-5-6-8-13(10)12(3)14-9-11(2)15-4/h5-8,11-12,14H,9H2,1-4H3/t11?,12-/m1/s1. The average molecular weight is 207 g/mol. The molecule has 2 heteroatoms. The van der Waals surface area contributed by atoms with Gasteiger partial charge < -0.3 is 10.1 Å². The van der Waals surface area contributed by atoms with E-state index < -0.39 is 0 Å². The highest BCUT2D eigenvalue weighted by molar-refractivity contribution is 5.28. The molecule has 1 rings (SSSR count). The highest BCUT2D eigenvalue weighted by atomic mass is 16.5. The Morgan fingerprint density at radius 2 is 1.93 bits per heavy atom. The molecule has 1 N–H and O–H groups in total. The molecule has 0 aliphatic rings. The van der Waals surface area contributed by atoms with E-state index in [1.165, 1.54) is 11.1 Å². The topological polar surface area (TPSA) is 21.3 Å². The van der Waals surface area contributed by atoms with E-state index in [9.17, 15) is 0 Å². The van der Waals surface area contributed by atoms with Crippen LogP contribution >= 0.6 is 0 Å². The van der Waals surface area contributed by atoms with E-state index in [0.717, 1.165) is 6.54 Å². The van der Waals surface area contributed by atoms with Gasteiger partial charge in [-0.15, -0.1) is 0 Å². The molecule has 0 saturated heterocycles. The van der Waals surface area contributed by atoms with Crippen LogP contribution in [-0.4, -0.2) is 19.8 Å². The van der Waals surface area contributed by atoms with Gasteiger partial charge >= 0.3 is 0 Å². The van der Waals surface area contributed by atoms with Crippen molar-refractivity contribution in [3.63, 3.8) is 0 Å². The van der Waals surface area contributed by atoms with Crippen molar-refractivity contribution in [2.45, 2.75) is 32.9 Å². The van der Waals surface area contributed by atoms with Gasteiger partial charge in [0.25, 0.3) is 0 Å². The summed E-state index contributed by atoms with van der Waals surface area (Å²) in [5.41, 5.74) is 2.70. The lowest BCUT2D eigenvalue weighted by molar-refractivity contribution is 0.115. The Labute approximate surface area is 92.6 Å². The van der Waals surface area contributed by atoms with Gasteiger partial charge in [-0.1, -0.05) is 24.3 Å². The van der Waals surface area contributed by atoms with Crippen LogP contribution in [0.3, 0.4) is 0 Å². The SMILES string of the molecule is COC(C)CN[C@H](C)c1ccccc1C. The molecule has 0 radical (unpaired) electrons. The van der Waals surface area contributed by atoms with Crippen LogP contribution < -0.4 is 5.32 Å². The van der Waals surface area contributed by atoms with Gasteiger partial charge in [-0.3, -0.25) is 0 Å². The van der Waals surface area contributed by atoms with E-state index in [4.69, 9.17) is 4.74 Å². The largest absolute Gasteiger partial charge is 0.380 e. The molecule has 84 valence electrons. The van der Waals surface area contributed by atoms with Crippen molar-refractivity contribution in [3.8, 4) is 0 Å². The third kappa shape index (κ3) is 3.65. The van der Waals surface area contributed by atoms with Crippen LogP contribution in [0.4, 0.5) is 0 Å². The zero-order valence-corrected chi connectivity index (χ0v) is 10.1. The minimum atomic E-state index is 0.261. The zero-order chi connectivity index (χ0) is 11.3. The second kappa shape index (κ2) is 5.89. The van der Waals surface area contributed by atoms with Gasteiger partial charge in [-0.25, -0.2) is 0 Å². The van der Waals surface area contributed by atoms with Crippen molar-refractivity contribution in [1.82, 2.24) is 5.32 Å². The fraction of sp³-hybridized carbons (Fsp3) is 0.538. The molecule has 0 aliphatic carbocycles. The summed E-state index contributed by atoms with van der Waals surface area (Å²) in [6.07, 6.45) is 0.261. The van der Waals surface area contributed by atoms with Crippen molar-refractivity contribution < 1.29 is 4.74 Å². The number of rotatable bonds is 5. The summed E-state index contributed by atoms with van der Waals surface area (Å²) in [5, 5.41) is 3.47. The lowest BCUT2D eigenvalue weighted by Crippen LogP contribution is -2.28. The molecule has 0 saturated carbocycles. The molecule has 1 unspecified atom stereocenters. The molecule has 0 bridgehead atoms. The molecule has 0 aliphatic heterocycles. The number of ether oxygens (including phenoxy) is 1. The second-order valence-corrected chi connectivity index (χ2v) is 4.03. The van der Waals surface area contributed by atoms with Gasteiger partial charge in [0.05, 0.1) is 6.10 Å². The maximum Gasteiger partial charge on any atom is 0.0667 e. The first-order valence-electron chi connectivity index (χ1n) is 5.47. The van der Waals surface area contributed by atoms with E-state index in [0.29, 0.717) is 6.04 Å². The number of nitrogens with one attached hydrogen (secondary N) is 1. The van der Waals surface area contributed by atoms with Gasteiger partial charge in [0.15, 0.2) is 0 Å². The number of aryl methyl sites for hydroxylation is 1. The lowest BCUT2D eigenvalue weighted by atomic mass is 10.0. The minimum absolute atomic E-state index is 0.261. The summed E-state index contributed by atoms with van der Waals surface area (Å²) in [7, 11) is 1.74. The summed E-state index contributed by atoms with van der Waals surface area (Å²) in [4.78, 5) is 0. The molecule has 0 heterocycles. The monoisotopic (exact) mass is 207 g/mol. The number of hydrogen-bond acceptors (Lipinski definition) is 2. The van der Waals surface area contributed by atoms with E-state index in [-0.39, 0.29) is 6.10 Å². The molecular weight excluding hydrogens is 186 g/mol. The molecule has 0 aromatic heterocycles. The van der Waals surface area contributed by atoms with Crippen molar-refractivity contribution in [2.24, 2.45) is 0 Å². The van der Waals surface area contributed by atoms with Crippen molar-refractivity contribution in [2.75, 3.05) is 13.7 Å². The van der Waals surface area contributed by atoms with Gasteiger partial charge in [-0.2, -0.15) is 0 Å². The molecule has 0 amide bonds. The van der Waals surface area contributed by atoms with Crippen LogP contribution in [0.25, 0.3) is 0 Å². The van der Waals surface area contributed by atoms with E-state index in [1.807, 2.05) is 0 Å². The molecule has 1 aromatic carbocycles. The lowest BCUT2D eigenvalue weighted by Gasteiger charge is -2.18. The number of methoxy groups -OCH3 is 1. The van der Waals surface area contributed by atoms with Crippen LogP contribution in [0.1, 0.15) is 31.0 Å². The second-order valence-electron chi connectivity index (χ2n) is 4.03. The van der Waals surface area contributed by atoms with Gasteiger partial charge in [-0.05, 0) is 31.9 Å². The highest BCUT2D eigenvalue weighted by Gasteiger charge is 2.08. The summed E-state index contributed by atoms with van der Waals surface area (Å²) in [6.45, 7) is 7.28. The normalized spacial score (nSPS) is 14.9. The van der Waals surface area contributed by atoms with Crippen LogP contribution in [0.5, 0.6) is 0 Å². The summed E-state index contributed by atoms with van der Waals surface area (Å²) < 4.78 is 5.20. The van der Waals surface area contributed by atoms with Gasteiger partial charge in [0, 0.05) is 19.7 Å². The Balaban J connectivity index is 2.54. The zero-order valence-electron chi connectivity index (χ0n) is 10.1. The van der Waals surface area contributed by atoms with Gasteiger partial charge in [0.1, 0.15) is 0 Å². The van der Waals surface area contributed by atoms with Crippen molar-refractivity contribution in [1.29, 1.82) is 0 Å². The number of benzene rings is 1. The van der Waals surface area contributed by atoms with Crippen molar-refractivity contribution >= 4 is 0 Å². The fourth-order valence-corrected chi connectivity index (χ4v) is 1.61. The predicted molar refractivity (Wildman–Crippen MR) is 64.1 cm³/mol. The Morgan fingerprint density at radius 1 is 1.27 bits per heavy atom.